The van der Waals surface area contributed by atoms with Crippen LogP contribution in [0.1, 0.15) is 5.56 Å². The molecule has 0 aromatic heterocycles. The highest BCUT2D eigenvalue weighted by Crippen LogP contribution is 2.38. The SMILES string of the molecule is O=C1/C(=C/c2cccc(O)c2)SC(=Nc2ccc(Cl)cc2)N1c1ccc(Cl)cc1. The van der Waals surface area contributed by atoms with Crippen molar-refractivity contribution in [2.75, 3.05) is 4.90 Å². The Morgan fingerprint density at radius 2 is 1.59 bits per heavy atom. The summed E-state index contributed by atoms with van der Waals surface area (Å²) in [6.07, 6.45) is 1.74. The maximum Gasteiger partial charge on any atom is 0.271 e. The third-order valence-electron chi connectivity index (χ3n) is 4.11. The van der Waals surface area contributed by atoms with Crippen LogP contribution >= 0.6 is 35.0 Å². The Bertz CT molecular complexity index is 1130. The van der Waals surface area contributed by atoms with E-state index in [1.165, 1.54) is 11.8 Å². The number of amidine groups is 1. The topological polar surface area (TPSA) is 52.9 Å². The molecule has 0 spiro atoms. The predicted molar refractivity (Wildman–Crippen MR) is 121 cm³/mol. The first kappa shape index (κ1) is 19.6. The molecule has 144 valence electrons. The molecule has 0 bridgehead atoms. The van der Waals surface area contributed by atoms with Crippen molar-refractivity contribution in [3.63, 3.8) is 0 Å². The van der Waals surface area contributed by atoms with Gasteiger partial charge < -0.3 is 5.11 Å². The van der Waals surface area contributed by atoms with Gasteiger partial charge in [0, 0.05) is 10.0 Å². The van der Waals surface area contributed by atoms with E-state index in [-0.39, 0.29) is 11.7 Å². The lowest BCUT2D eigenvalue weighted by Gasteiger charge is -2.15. The Labute approximate surface area is 182 Å². The van der Waals surface area contributed by atoms with Gasteiger partial charge in [-0.15, -0.1) is 0 Å². The molecule has 29 heavy (non-hydrogen) atoms. The second kappa shape index (κ2) is 8.33. The summed E-state index contributed by atoms with van der Waals surface area (Å²) in [5.41, 5.74) is 2.07. The fraction of sp³-hybridized carbons (Fsp3) is 0. The van der Waals surface area contributed by atoms with Crippen LogP contribution in [-0.2, 0) is 4.79 Å². The van der Waals surface area contributed by atoms with Crippen LogP contribution in [0, 0.1) is 0 Å². The monoisotopic (exact) mass is 440 g/mol. The molecule has 0 saturated carbocycles. The lowest BCUT2D eigenvalue weighted by molar-refractivity contribution is -0.113. The van der Waals surface area contributed by atoms with Gasteiger partial charge in [0.1, 0.15) is 5.75 Å². The number of phenols is 1. The second-order valence-corrected chi connectivity index (χ2v) is 8.08. The highest BCUT2D eigenvalue weighted by molar-refractivity contribution is 8.19. The molecule has 0 atom stereocenters. The Balaban J connectivity index is 1.77. The number of hydrogen-bond acceptors (Lipinski definition) is 4. The van der Waals surface area contributed by atoms with Crippen LogP contribution in [0.2, 0.25) is 10.0 Å². The van der Waals surface area contributed by atoms with Crippen LogP contribution in [0.25, 0.3) is 6.08 Å². The first-order valence-electron chi connectivity index (χ1n) is 8.62. The molecule has 1 heterocycles. The van der Waals surface area contributed by atoms with E-state index < -0.39 is 0 Å². The first-order valence-corrected chi connectivity index (χ1v) is 10.2. The number of benzene rings is 3. The molecule has 3 aromatic rings. The molecule has 1 aliphatic heterocycles. The quantitative estimate of drug-likeness (QED) is 0.472. The number of carbonyl (C=O) groups excluding carboxylic acids is 1. The Kier molecular flexibility index (Phi) is 5.62. The summed E-state index contributed by atoms with van der Waals surface area (Å²) in [5, 5.41) is 11.4. The summed E-state index contributed by atoms with van der Waals surface area (Å²) in [6, 6.07) is 20.8. The smallest absolute Gasteiger partial charge is 0.271 e. The standard InChI is InChI=1S/C22H14Cl2N2O2S/c23-15-4-8-17(9-5-15)25-22-26(18-10-6-16(24)7-11-18)21(28)20(29-22)13-14-2-1-3-19(27)12-14/h1-13,27H/b20-13-,25-22?. The average molecular weight is 441 g/mol. The van der Waals surface area contributed by atoms with Crippen molar-refractivity contribution in [3.05, 3.63) is 93.3 Å². The predicted octanol–water partition coefficient (Wildman–Crippen LogP) is 6.51. The zero-order valence-electron chi connectivity index (χ0n) is 14.9. The summed E-state index contributed by atoms with van der Waals surface area (Å²) in [7, 11) is 0. The third-order valence-corrected chi connectivity index (χ3v) is 5.58. The number of phenolic OH excluding ortho intramolecular Hbond substituents is 1. The van der Waals surface area contributed by atoms with E-state index in [1.807, 2.05) is 6.07 Å². The lowest BCUT2D eigenvalue weighted by atomic mass is 10.2. The van der Waals surface area contributed by atoms with Crippen LogP contribution in [0.3, 0.4) is 0 Å². The molecule has 1 saturated heterocycles. The van der Waals surface area contributed by atoms with E-state index in [9.17, 15) is 9.90 Å². The Morgan fingerprint density at radius 3 is 2.24 bits per heavy atom. The molecule has 1 amide bonds. The van der Waals surface area contributed by atoms with Crippen molar-refractivity contribution in [1.29, 1.82) is 0 Å². The van der Waals surface area contributed by atoms with Gasteiger partial charge in [0.2, 0.25) is 0 Å². The Hall–Kier alpha value is -2.73. The fourth-order valence-electron chi connectivity index (χ4n) is 2.76. The third kappa shape index (κ3) is 4.48. The maximum atomic E-state index is 13.2. The number of aliphatic imine (C=N–C) groups is 1. The van der Waals surface area contributed by atoms with E-state index in [0.717, 1.165) is 5.56 Å². The zero-order chi connectivity index (χ0) is 20.4. The highest BCUT2D eigenvalue weighted by atomic mass is 35.5. The minimum absolute atomic E-state index is 0.138. The van der Waals surface area contributed by atoms with Crippen molar-refractivity contribution < 1.29 is 9.90 Å². The molecule has 0 unspecified atom stereocenters. The molecule has 3 aromatic carbocycles. The molecular formula is C22H14Cl2N2O2S. The average Bonchev–Trinajstić information content (AvgIpc) is 2.99. The molecular weight excluding hydrogens is 427 g/mol. The number of halogens is 2. The van der Waals surface area contributed by atoms with Gasteiger partial charge in [-0.1, -0.05) is 35.3 Å². The summed E-state index contributed by atoms with van der Waals surface area (Å²) in [6.45, 7) is 0. The molecule has 1 aliphatic rings. The van der Waals surface area contributed by atoms with Gasteiger partial charge >= 0.3 is 0 Å². The van der Waals surface area contributed by atoms with Crippen molar-refractivity contribution in [1.82, 2.24) is 0 Å². The minimum atomic E-state index is -0.201. The van der Waals surface area contributed by atoms with E-state index in [0.29, 0.717) is 31.5 Å². The number of rotatable bonds is 3. The van der Waals surface area contributed by atoms with Gasteiger partial charge in [0.05, 0.1) is 16.3 Å². The first-order chi connectivity index (χ1) is 14.0. The second-order valence-electron chi connectivity index (χ2n) is 6.19. The number of anilines is 1. The van der Waals surface area contributed by atoms with Gasteiger partial charge in [-0.3, -0.25) is 9.69 Å². The van der Waals surface area contributed by atoms with Crippen LogP contribution in [-0.4, -0.2) is 16.2 Å². The van der Waals surface area contributed by atoms with Crippen molar-refractivity contribution in [2.24, 2.45) is 4.99 Å². The normalized spacial score (nSPS) is 16.8. The molecule has 1 N–H and O–H groups in total. The summed E-state index contributed by atoms with van der Waals surface area (Å²) in [5.74, 6) is -0.0622. The number of carbonyl (C=O) groups is 1. The zero-order valence-corrected chi connectivity index (χ0v) is 17.2. The Morgan fingerprint density at radius 1 is 0.931 bits per heavy atom. The number of nitrogens with zero attached hydrogens (tertiary/aromatic N) is 2. The minimum Gasteiger partial charge on any atom is -0.508 e. The van der Waals surface area contributed by atoms with E-state index in [4.69, 9.17) is 23.2 Å². The van der Waals surface area contributed by atoms with Gasteiger partial charge in [-0.2, -0.15) is 0 Å². The van der Waals surface area contributed by atoms with Crippen molar-refractivity contribution in [3.8, 4) is 5.75 Å². The summed E-state index contributed by atoms with van der Waals surface area (Å²) >= 11 is 13.2. The molecule has 4 nitrogen and oxygen atoms in total. The highest BCUT2D eigenvalue weighted by Gasteiger charge is 2.34. The molecule has 4 rings (SSSR count). The van der Waals surface area contributed by atoms with Crippen molar-refractivity contribution >= 4 is 63.5 Å². The van der Waals surface area contributed by atoms with Crippen LogP contribution in [0.5, 0.6) is 5.75 Å². The van der Waals surface area contributed by atoms with Gasteiger partial charge in [0.15, 0.2) is 5.17 Å². The van der Waals surface area contributed by atoms with Crippen LogP contribution < -0.4 is 4.90 Å². The molecule has 0 aliphatic carbocycles. The maximum absolute atomic E-state index is 13.2. The molecule has 7 heteroatoms. The largest absolute Gasteiger partial charge is 0.508 e. The summed E-state index contributed by atoms with van der Waals surface area (Å²) in [4.78, 5) is 19.9. The van der Waals surface area contributed by atoms with Gasteiger partial charge in [0.25, 0.3) is 5.91 Å². The molecule has 1 fully saturated rings. The molecule has 0 radical (unpaired) electrons. The van der Waals surface area contributed by atoms with Gasteiger partial charge in [-0.25, -0.2) is 4.99 Å². The van der Waals surface area contributed by atoms with Crippen LogP contribution in [0.4, 0.5) is 11.4 Å². The number of amides is 1. The number of hydrogen-bond donors (Lipinski definition) is 1. The van der Waals surface area contributed by atoms with E-state index in [2.05, 4.69) is 4.99 Å². The number of thioether (sulfide) groups is 1. The van der Waals surface area contributed by atoms with E-state index in [1.54, 1.807) is 77.7 Å². The van der Waals surface area contributed by atoms with Crippen LogP contribution in [0.15, 0.2) is 82.7 Å². The fourth-order valence-corrected chi connectivity index (χ4v) is 4.01. The van der Waals surface area contributed by atoms with E-state index >= 15 is 0 Å². The van der Waals surface area contributed by atoms with Gasteiger partial charge in [-0.05, 0) is 84.1 Å². The lowest BCUT2D eigenvalue weighted by Crippen LogP contribution is -2.28. The van der Waals surface area contributed by atoms with Crippen molar-refractivity contribution in [2.45, 2.75) is 0 Å². The summed E-state index contributed by atoms with van der Waals surface area (Å²) < 4.78 is 0. The number of aromatic hydroxyl groups is 1.